The standard InChI is InChI=1S/C26H27N3O3/c1-18-22(19(2)29(27-18)21-7-4-3-5-8-21)11-13-26(30)28-14-6-9-23(28)20-10-12-24-25(17-20)32-16-15-31-24/h3-5,7-8,10-13,17,23H,6,9,14-16H2,1-2H3/b13-11+. The number of hydrogen-bond donors (Lipinski definition) is 0. The molecule has 1 amide bonds. The van der Waals surface area contributed by atoms with Gasteiger partial charge in [0.05, 0.1) is 17.4 Å². The highest BCUT2D eigenvalue weighted by atomic mass is 16.6. The van der Waals surface area contributed by atoms with Crippen molar-refractivity contribution in [2.45, 2.75) is 32.7 Å². The maximum absolute atomic E-state index is 13.1. The van der Waals surface area contributed by atoms with Crippen LogP contribution in [0.4, 0.5) is 0 Å². The molecule has 1 unspecified atom stereocenters. The lowest BCUT2D eigenvalue weighted by atomic mass is 10.0. The van der Waals surface area contributed by atoms with Crippen LogP contribution in [0.1, 0.15) is 41.4 Å². The van der Waals surface area contributed by atoms with Gasteiger partial charge in [-0.1, -0.05) is 24.3 Å². The van der Waals surface area contributed by atoms with Crippen molar-refractivity contribution >= 4 is 12.0 Å². The molecule has 0 saturated carbocycles. The number of para-hydroxylation sites is 1. The molecule has 3 heterocycles. The van der Waals surface area contributed by atoms with Crippen LogP contribution in [0.2, 0.25) is 0 Å². The zero-order valence-corrected chi connectivity index (χ0v) is 18.5. The molecule has 1 saturated heterocycles. The van der Waals surface area contributed by atoms with E-state index in [0.29, 0.717) is 13.2 Å². The van der Waals surface area contributed by atoms with Gasteiger partial charge in [0.15, 0.2) is 11.5 Å². The first kappa shape index (κ1) is 20.4. The van der Waals surface area contributed by atoms with E-state index in [0.717, 1.165) is 59.1 Å². The zero-order chi connectivity index (χ0) is 22.1. The first-order valence-electron chi connectivity index (χ1n) is 11.1. The molecule has 2 aliphatic rings. The van der Waals surface area contributed by atoms with Crippen molar-refractivity contribution in [3.8, 4) is 17.2 Å². The van der Waals surface area contributed by atoms with Crippen molar-refractivity contribution in [1.29, 1.82) is 0 Å². The smallest absolute Gasteiger partial charge is 0.247 e. The molecule has 164 valence electrons. The van der Waals surface area contributed by atoms with Gasteiger partial charge in [-0.2, -0.15) is 5.10 Å². The summed E-state index contributed by atoms with van der Waals surface area (Å²) in [7, 11) is 0. The molecule has 1 aromatic heterocycles. The third kappa shape index (κ3) is 3.77. The van der Waals surface area contributed by atoms with Gasteiger partial charge in [0.25, 0.3) is 0 Å². The Balaban J connectivity index is 1.36. The number of aryl methyl sites for hydroxylation is 1. The predicted molar refractivity (Wildman–Crippen MR) is 123 cm³/mol. The van der Waals surface area contributed by atoms with Gasteiger partial charge in [-0.3, -0.25) is 4.79 Å². The number of aromatic nitrogens is 2. The van der Waals surface area contributed by atoms with Crippen molar-refractivity contribution < 1.29 is 14.3 Å². The molecule has 0 radical (unpaired) electrons. The molecule has 3 aromatic rings. The number of likely N-dealkylation sites (tertiary alicyclic amines) is 1. The van der Waals surface area contributed by atoms with Gasteiger partial charge in [0.1, 0.15) is 13.2 Å². The van der Waals surface area contributed by atoms with Gasteiger partial charge in [0, 0.05) is 23.9 Å². The molecule has 6 heteroatoms. The molecule has 2 aromatic carbocycles. The van der Waals surface area contributed by atoms with Gasteiger partial charge in [-0.15, -0.1) is 0 Å². The molecule has 2 aliphatic heterocycles. The lowest BCUT2D eigenvalue weighted by Gasteiger charge is -2.26. The number of amides is 1. The molecule has 0 N–H and O–H groups in total. The summed E-state index contributed by atoms with van der Waals surface area (Å²) in [4.78, 5) is 15.1. The van der Waals surface area contributed by atoms with E-state index in [1.54, 1.807) is 6.08 Å². The van der Waals surface area contributed by atoms with Crippen molar-refractivity contribution in [2.75, 3.05) is 19.8 Å². The summed E-state index contributed by atoms with van der Waals surface area (Å²) in [6, 6.07) is 16.1. The number of carbonyl (C=O) groups excluding carboxylic acids is 1. The summed E-state index contributed by atoms with van der Waals surface area (Å²) >= 11 is 0. The highest BCUT2D eigenvalue weighted by Gasteiger charge is 2.30. The summed E-state index contributed by atoms with van der Waals surface area (Å²) in [5.74, 6) is 1.56. The number of ether oxygens (including phenoxy) is 2. The summed E-state index contributed by atoms with van der Waals surface area (Å²) in [6.45, 7) is 5.89. The fourth-order valence-electron chi connectivity index (χ4n) is 4.61. The molecule has 6 nitrogen and oxygen atoms in total. The normalized spacial score (nSPS) is 17.8. The molecule has 32 heavy (non-hydrogen) atoms. The predicted octanol–water partition coefficient (Wildman–Crippen LogP) is 4.64. The van der Waals surface area contributed by atoms with E-state index in [2.05, 4.69) is 5.10 Å². The van der Waals surface area contributed by atoms with Crippen molar-refractivity contribution in [3.05, 3.63) is 77.1 Å². The first-order valence-corrected chi connectivity index (χ1v) is 11.1. The molecular formula is C26H27N3O3. The number of fused-ring (bicyclic) bond motifs is 1. The van der Waals surface area contributed by atoms with E-state index in [1.165, 1.54) is 0 Å². The van der Waals surface area contributed by atoms with Gasteiger partial charge in [-0.25, -0.2) is 4.68 Å². The minimum Gasteiger partial charge on any atom is -0.486 e. The van der Waals surface area contributed by atoms with E-state index >= 15 is 0 Å². The van der Waals surface area contributed by atoms with E-state index in [-0.39, 0.29) is 11.9 Å². The number of hydrogen-bond acceptors (Lipinski definition) is 4. The zero-order valence-electron chi connectivity index (χ0n) is 18.5. The molecule has 0 bridgehead atoms. The number of benzene rings is 2. The number of rotatable bonds is 4. The third-order valence-electron chi connectivity index (χ3n) is 6.23. The summed E-state index contributed by atoms with van der Waals surface area (Å²) in [5, 5.41) is 4.67. The average Bonchev–Trinajstić information content (AvgIpc) is 3.43. The third-order valence-corrected chi connectivity index (χ3v) is 6.23. The first-order chi connectivity index (χ1) is 15.6. The van der Waals surface area contributed by atoms with E-state index < -0.39 is 0 Å². The Morgan fingerprint density at radius 2 is 1.84 bits per heavy atom. The van der Waals surface area contributed by atoms with E-state index in [9.17, 15) is 4.79 Å². The fraction of sp³-hybridized carbons (Fsp3) is 0.308. The van der Waals surface area contributed by atoms with Crippen LogP contribution in [0.15, 0.2) is 54.6 Å². The molecule has 0 aliphatic carbocycles. The van der Waals surface area contributed by atoms with Crippen LogP contribution in [-0.2, 0) is 4.79 Å². The van der Waals surface area contributed by atoms with Crippen molar-refractivity contribution in [3.63, 3.8) is 0 Å². The van der Waals surface area contributed by atoms with E-state index in [4.69, 9.17) is 9.47 Å². The van der Waals surface area contributed by atoms with Gasteiger partial charge < -0.3 is 14.4 Å². The van der Waals surface area contributed by atoms with Gasteiger partial charge in [0.2, 0.25) is 5.91 Å². The monoisotopic (exact) mass is 429 g/mol. The molecule has 0 spiro atoms. The molecule has 1 fully saturated rings. The Bertz CT molecular complexity index is 1170. The Kier molecular flexibility index (Phi) is 5.43. The molecular weight excluding hydrogens is 402 g/mol. The van der Waals surface area contributed by atoms with Crippen molar-refractivity contribution in [1.82, 2.24) is 14.7 Å². The van der Waals surface area contributed by atoms with Crippen LogP contribution in [0.5, 0.6) is 11.5 Å². The molecule has 5 rings (SSSR count). The van der Waals surface area contributed by atoms with Crippen LogP contribution in [0.25, 0.3) is 11.8 Å². The van der Waals surface area contributed by atoms with Crippen LogP contribution in [0.3, 0.4) is 0 Å². The Hall–Kier alpha value is -3.54. The fourth-order valence-corrected chi connectivity index (χ4v) is 4.61. The number of carbonyl (C=O) groups is 1. The Morgan fingerprint density at radius 3 is 2.66 bits per heavy atom. The van der Waals surface area contributed by atoms with E-state index in [1.807, 2.05) is 78.0 Å². The largest absolute Gasteiger partial charge is 0.486 e. The lowest BCUT2D eigenvalue weighted by Crippen LogP contribution is -2.29. The SMILES string of the molecule is Cc1nn(-c2ccccc2)c(C)c1/C=C/C(=O)N1CCCC1c1ccc2c(c1)OCCO2. The van der Waals surface area contributed by atoms with Gasteiger partial charge >= 0.3 is 0 Å². The second kappa shape index (κ2) is 8.54. The summed E-state index contributed by atoms with van der Waals surface area (Å²) in [6.07, 6.45) is 5.52. The highest BCUT2D eigenvalue weighted by Crippen LogP contribution is 2.38. The minimum absolute atomic E-state index is 0.0219. The number of nitrogens with zero attached hydrogens (tertiary/aromatic N) is 3. The van der Waals surface area contributed by atoms with Crippen LogP contribution in [0, 0.1) is 13.8 Å². The summed E-state index contributed by atoms with van der Waals surface area (Å²) < 4.78 is 13.3. The van der Waals surface area contributed by atoms with Crippen LogP contribution in [-0.4, -0.2) is 40.3 Å². The van der Waals surface area contributed by atoms with Crippen LogP contribution >= 0.6 is 0 Å². The van der Waals surface area contributed by atoms with Gasteiger partial charge in [-0.05, 0) is 62.6 Å². The Labute approximate surface area is 188 Å². The average molecular weight is 430 g/mol. The molecule has 1 atom stereocenters. The summed E-state index contributed by atoms with van der Waals surface area (Å²) in [5.41, 5.74) is 5.01. The second-order valence-corrected chi connectivity index (χ2v) is 8.26. The lowest BCUT2D eigenvalue weighted by molar-refractivity contribution is -0.126. The maximum Gasteiger partial charge on any atom is 0.247 e. The van der Waals surface area contributed by atoms with Crippen LogP contribution < -0.4 is 9.47 Å². The topological polar surface area (TPSA) is 56.6 Å². The van der Waals surface area contributed by atoms with Crippen molar-refractivity contribution in [2.24, 2.45) is 0 Å². The highest BCUT2D eigenvalue weighted by molar-refractivity contribution is 5.92. The Morgan fingerprint density at radius 1 is 1.06 bits per heavy atom. The second-order valence-electron chi connectivity index (χ2n) is 8.26. The maximum atomic E-state index is 13.1. The minimum atomic E-state index is 0.0219. The quantitative estimate of drug-likeness (QED) is 0.567.